The minimum atomic E-state index is -0.725. The molecule has 30 heavy (non-hydrogen) atoms. The first-order valence-corrected chi connectivity index (χ1v) is 9.53. The van der Waals surface area contributed by atoms with Crippen LogP contribution in [0, 0.1) is 0 Å². The molecule has 160 valence electrons. The van der Waals surface area contributed by atoms with Crippen molar-refractivity contribution in [2.24, 2.45) is 0 Å². The van der Waals surface area contributed by atoms with Crippen LogP contribution in [0.15, 0.2) is 42.5 Å². The lowest BCUT2D eigenvalue weighted by atomic mass is 10.1. The maximum absolute atomic E-state index is 12.2. The van der Waals surface area contributed by atoms with E-state index in [2.05, 4.69) is 0 Å². The zero-order chi connectivity index (χ0) is 21.9. The Morgan fingerprint density at radius 2 is 1.27 bits per heavy atom. The van der Waals surface area contributed by atoms with Crippen LogP contribution in [0.25, 0.3) is 0 Å². The summed E-state index contributed by atoms with van der Waals surface area (Å²) in [6, 6.07) is 10.9. The minimum absolute atomic E-state index is 0.00435. The molecule has 0 aliphatic rings. The van der Waals surface area contributed by atoms with E-state index >= 15 is 0 Å². The van der Waals surface area contributed by atoms with Gasteiger partial charge >= 0.3 is 17.9 Å². The largest absolute Gasteiger partial charge is 0.490 e. The molecule has 2 aromatic carbocycles. The third-order valence-electron chi connectivity index (χ3n) is 3.66. The second-order valence-electron chi connectivity index (χ2n) is 5.83. The van der Waals surface area contributed by atoms with Crippen LogP contribution >= 0.6 is 0 Å². The Morgan fingerprint density at radius 3 is 1.77 bits per heavy atom. The number of para-hydroxylation sites is 2. The van der Waals surface area contributed by atoms with Crippen molar-refractivity contribution in [2.45, 2.75) is 20.8 Å². The highest BCUT2D eigenvalue weighted by atomic mass is 16.6. The number of hydrogen-bond donors (Lipinski definition) is 0. The highest BCUT2D eigenvalue weighted by Gasteiger charge is 2.17. The van der Waals surface area contributed by atoms with E-state index < -0.39 is 24.5 Å². The quantitative estimate of drug-likeness (QED) is 0.429. The molecule has 0 aliphatic heterocycles. The molecule has 8 heteroatoms. The summed E-state index contributed by atoms with van der Waals surface area (Å²) in [5, 5.41) is 0. The number of esters is 3. The van der Waals surface area contributed by atoms with Crippen molar-refractivity contribution < 1.29 is 38.1 Å². The Kier molecular flexibility index (Phi) is 8.68. The van der Waals surface area contributed by atoms with Crippen molar-refractivity contribution in [1.29, 1.82) is 0 Å². The maximum atomic E-state index is 12.2. The van der Waals surface area contributed by atoms with Crippen molar-refractivity contribution in [3.8, 4) is 17.2 Å². The molecule has 0 aliphatic carbocycles. The summed E-state index contributed by atoms with van der Waals surface area (Å²) in [6.07, 6.45) is 0. The average Bonchev–Trinajstić information content (AvgIpc) is 2.73. The van der Waals surface area contributed by atoms with E-state index in [4.69, 9.17) is 23.7 Å². The molecule has 0 atom stereocenters. The normalized spacial score (nSPS) is 10.1. The zero-order valence-corrected chi connectivity index (χ0v) is 17.1. The molecule has 0 unspecified atom stereocenters. The third kappa shape index (κ3) is 6.51. The summed E-state index contributed by atoms with van der Waals surface area (Å²) >= 11 is 0. The Labute approximate surface area is 174 Å². The molecule has 0 N–H and O–H groups in total. The number of rotatable bonds is 10. The van der Waals surface area contributed by atoms with Gasteiger partial charge in [0.1, 0.15) is 5.75 Å². The van der Waals surface area contributed by atoms with Crippen LogP contribution in [0.5, 0.6) is 17.2 Å². The van der Waals surface area contributed by atoms with Crippen LogP contribution in [0.2, 0.25) is 0 Å². The molecule has 0 radical (unpaired) electrons. The summed E-state index contributed by atoms with van der Waals surface area (Å²) in [5.41, 5.74) is 0.126. The minimum Gasteiger partial charge on any atom is -0.490 e. The maximum Gasteiger partial charge on any atom is 0.349 e. The van der Waals surface area contributed by atoms with Crippen molar-refractivity contribution >= 4 is 17.9 Å². The van der Waals surface area contributed by atoms with Crippen LogP contribution in [-0.2, 0) is 14.3 Å². The van der Waals surface area contributed by atoms with Gasteiger partial charge in [-0.25, -0.2) is 14.4 Å². The zero-order valence-electron chi connectivity index (χ0n) is 17.1. The van der Waals surface area contributed by atoms with E-state index in [0.29, 0.717) is 18.1 Å². The van der Waals surface area contributed by atoms with E-state index in [0.717, 1.165) is 0 Å². The Balaban J connectivity index is 2.14. The van der Waals surface area contributed by atoms with Gasteiger partial charge in [-0.1, -0.05) is 12.1 Å². The van der Waals surface area contributed by atoms with Gasteiger partial charge < -0.3 is 23.7 Å². The molecule has 0 aromatic heterocycles. The number of benzene rings is 2. The molecule has 0 bridgehead atoms. The van der Waals surface area contributed by atoms with Crippen molar-refractivity contribution in [3.05, 3.63) is 53.6 Å². The molecule has 0 spiro atoms. The second-order valence-corrected chi connectivity index (χ2v) is 5.83. The fraction of sp³-hybridized carbons (Fsp3) is 0.318. The lowest BCUT2D eigenvalue weighted by Gasteiger charge is -2.12. The van der Waals surface area contributed by atoms with Crippen molar-refractivity contribution in [1.82, 2.24) is 0 Å². The summed E-state index contributed by atoms with van der Waals surface area (Å²) in [5.74, 6) is -1.14. The van der Waals surface area contributed by atoms with E-state index in [1.54, 1.807) is 38.1 Å². The third-order valence-corrected chi connectivity index (χ3v) is 3.66. The summed E-state index contributed by atoms with van der Waals surface area (Å²) in [6.45, 7) is 5.51. The van der Waals surface area contributed by atoms with Gasteiger partial charge in [0.15, 0.2) is 18.1 Å². The van der Waals surface area contributed by atoms with Gasteiger partial charge in [0, 0.05) is 0 Å². The van der Waals surface area contributed by atoms with Crippen molar-refractivity contribution in [2.75, 3.05) is 26.4 Å². The lowest BCUT2D eigenvalue weighted by Crippen LogP contribution is -2.19. The summed E-state index contributed by atoms with van der Waals surface area (Å²) in [7, 11) is 0. The molecule has 0 fully saturated rings. The second kappa shape index (κ2) is 11.5. The summed E-state index contributed by atoms with van der Waals surface area (Å²) < 4.78 is 26.1. The van der Waals surface area contributed by atoms with Crippen LogP contribution in [0.3, 0.4) is 0 Å². The predicted octanol–water partition coefficient (Wildman–Crippen LogP) is 3.42. The van der Waals surface area contributed by atoms with E-state index in [1.165, 1.54) is 18.2 Å². The molecular weight excluding hydrogens is 392 g/mol. The van der Waals surface area contributed by atoms with Crippen LogP contribution in [-0.4, -0.2) is 44.3 Å². The first-order chi connectivity index (χ1) is 14.5. The molecular formula is C22H24O8. The fourth-order valence-electron chi connectivity index (χ4n) is 2.46. The number of carbonyl (C=O) groups is 3. The molecule has 2 aromatic rings. The van der Waals surface area contributed by atoms with Crippen molar-refractivity contribution in [3.63, 3.8) is 0 Å². The average molecular weight is 416 g/mol. The highest BCUT2D eigenvalue weighted by Crippen LogP contribution is 2.26. The molecule has 0 saturated heterocycles. The van der Waals surface area contributed by atoms with Crippen LogP contribution in [0.1, 0.15) is 41.5 Å². The van der Waals surface area contributed by atoms with Gasteiger partial charge in [-0.05, 0) is 51.1 Å². The van der Waals surface area contributed by atoms with Crippen LogP contribution in [0.4, 0.5) is 0 Å². The topological polar surface area (TPSA) is 97.4 Å². The first-order valence-electron chi connectivity index (χ1n) is 9.53. The van der Waals surface area contributed by atoms with Gasteiger partial charge in [0.25, 0.3) is 0 Å². The Hall–Kier alpha value is -3.55. The number of ether oxygens (including phenoxy) is 5. The predicted molar refractivity (Wildman–Crippen MR) is 107 cm³/mol. The Morgan fingerprint density at radius 1 is 0.733 bits per heavy atom. The van der Waals surface area contributed by atoms with Gasteiger partial charge in [0.05, 0.1) is 30.9 Å². The SMILES string of the molecule is CCOC(=O)c1cc(OC(=O)COc2ccccc2OCC)cc(C(=O)OCC)c1. The van der Waals surface area contributed by atoms with E-state index in [9.17, 15) is 14.4 Å². The van der Waals surface area contributed by atoms with Gasteiger partial charge in [-0.2, -0.15) is 0 Å². The molecule has 0 amide bonds. The monoisotopic (exact) mass is 416 g/mol. The fourth-order valence-corrected chi connectivity index (χ4v) is 2.46. The van der Waals surface area contributed by atoms with E-state index in [1.807, 2.05) is 6.92 Å². The number of carbonyl (C=O) groups excluding carboxylic acids is 3. The van der Waals surface area contributed by atoms with Crippen LogP contribution < -0.4 is 14.2 Å². The standard InChI is InChI=1S/C22H24O8/c1-4-26-18-9-7-8-10-19(18)29-14-20(23)30-17-12-15(21(24)27-5-2)11-16(13-17)22(25)28-6-3/h7-13H,4-6,14H2,1-3H3. The first kappa shape index (κ1) is 22.7. The van der Waals surface area contributed by atoms with E-state index in [-0.39, 0.29) is 30.1 Å². The van der Waals surface area contributed by atoms with Gasteiger partial charge in [-0.15, -0.1) is 0 Å². The molecule has 2 rings (SSSR count). The Bertz CT molecular complexity index is 854. The van der Waals surface area contributed by atoms with Gasteiger partial charge in [0.2, 0.25) is 0 Å². The summed E-state index contributed by atoms with van der Waals surface area (Å²) in [4.78, 5) is 36.4. The highest BCUT2D eigenvalue weighted by molar-refractivity contribution is 5.96. The molecule has 8 nitrogen and oxygen atoms in total. The molecule has 0 saturated carbocycles. The number of hydrogen-bond acceptors (Lipinski definition) is 8. The lowest BCUT2D eigenvalue weighted by molar-refractivity contribution is -0.136. The molecule has 0 heterocycles. The van der Waals surface area contributed by atoms with Gasteiger partial charge in [-0.3, -0.25) is 0 Å². The smallest absolute Gasteiger partial charge is 0.349 e.